The van der Waals surface area contributed by atoms with E-state index in [1.54, 1.807) is 0 Å². The fourth-order valence-electron chi connectivity index (χ4n) is 2.48. The van der Waals surface area contributed by atoms with E-state index in [2.05, 4.69) is 31.0 Å². The molecule has 1 heterocycles. The Morgan fingerprint density at radius 3 is 2.70 bits per heavy atom. The molecule has 2 aromatic carbocycles. The fraction of sp³-hybridized carbons (Fsp3) is 0.235. The summed E-state index contributed by atoms with van der Waals surface area (Å²) in [6.45, 7) is 4.21. The van der Waals surface area contributed by atoms with Crippen molar-refractivity contribution >= 4 is 11.1 Å². The molecule has 102 valence electrons. The van der Waals surface area contributed by atoms with Gasteiger partial charge in [-0.2, -0.15) is 0 Å². The number of hydrogen-bond acceptors (Lipinski definition) is 3. The van der Waals surface area contributed by atoms with E-state index in [1.165, 1.54) is 11.1 Å². The summed E-state index contributed by atoms with van der Waals surface area (Å²) in [4.78, 5) is 4.48. The van der Waals surface area contributed by atoms with E-state index >= 15 is 0 Å². The van der Waals surface area contributed by atoms with E-state index < -0.39 is 0 Å². The molecule has 3 rings (SSSR count). The number of benzene rings is 2. The largest absolute Gasteiger partial charge is 0.441 e. The van der Waals surface area contributed by atoms with Crippen molar-refractivity contribution < 1.29 is 4.42 Å². The van der Waals surface area contributed by atoms with E-state index in [1.807, 2.05) is 30.3 Å². The first kappa shape index (κ1) is 12.9. The van der Waals surface area contributed by atoms with Crippen molar-refractivity contribution in [3.8, 4) is 0 Å². The van der Waals surface area contributed by atoms with Gasteiger partial charge in [0, 0.05) is 12.5 Å². The Balaban J connectivity index is 1.88. The molecule has 0 amide bonds. The average Bonchev–Trinajstić information content (AvgIpc) is 2.83. The zero-order valence-electron chi connectivity index (χ0n) is 11.8. The average molecular weight is 266 g/mol. The SMILES string of the molecule is Cc1cccc(C(N)Cc2nc3ccccc3o2)c1C. The maximum atomic E-state index is 6.32. The van der Waals surface area contributed by atoms with E-state index in [0.717, 1.165) is 16.7 Å². The summed E-state index contributed by atoms with van der Waals surface area (Å²) in [7, 11) is 0. The standard InChI is InChI=1S/C17H18N2O/c1-11-6-5-7-13(12(11)2)14(18)10-17-19-15-8-3-4-9-16(15)20-17/h3-9,14H,10,18H2,1-2H3. The summed E-state index contributed by atoms with van der Waals surface area (Å²) in [5.74, 6) is 0.694. The lowest BCUT2D eigenvalue weighted by Crippen LogP contribution is -2.15. The van der Waals surface area contributed by atoms with Gasteiger partial charge in [0.15, 0.2) is 11.5 Å². The summed E-state index contributed by atoms with van der Waals surface area (Å²) in [5, 5.41) is 0. The number of hydrogen-bond donors (Lipinski definition) is 1. The molecule has 0 aliphatic rings. The van der Waals surface area contributed by atoms with Crippen LogP contribution < -0.4 is 5.73 Å². The minimum absolute atomic E-state index is 0.0945. The van der Waals surface area contributed by atoms with Crippen molar-refractivity contribution in [1.29, 1.82) is 0 Å². The third-order valence-electron chi connectivity index (χ3n) is 3.78. The van der Waals surface area contributed by atoms with Gasteiger partial charge in [0.1, 0.15) is 5.52 Å². The normalized spacial score (nSPS) is 12.8. The zero-order valence-corrected chi connectivity index (χ0v) is 11.8. The predicted molar refractivity (Wildman–Crippen MR) is 80.6 cm³/mol. The Bertz CT molecular complexity index is 713. The van der Waals surface area contributed by atoms with Crippen LogP contribution in [0.15, 0.2) is 46.9 Å². The molecule has 3 nitrogen and oxygen atoms in total. The Morgan fingerprint density at radius 1 is 1.10 bits per heavy atom. The quantitative estimate of drug-likeness (QED) is 0.786. The first-order valence-electron chi connectivity index (χ1n) is 6.81. The van der Waals surface area contributed by atoms with Crippen molar-refractivity contribution in [3.63, 3.8) is 0 Å². The Hall–Kier alpha value is -2.13. The molecule has 0 saturated carbocycles. The van der Waals surface area contributed by atoms with Crippen LogP contribution in [0.3, 0.4) is 0 Å². The maximum Gasteiger partial charge on any atom is 0.197 e. The number of nitrogens with zero attached hydrogens (tertiary/aromatic N) is 1. The molecule has 1 aromatic heterocycles. The van der Waals surface area contributed by atoms with Crippen LogP contribution in [0.25, 0.3) is 11.1 Å². The Morgan fingerprint density at radius 2 is 1.90 bits per heavy atom. The molecule has 2 N–H and O–H groups in total. The highest BCUT2D eigenvalue weighted by Crippen LogP contribution is 2.23. The molecule has 3 heteroatoms. The molecule has 0 spiro atoms. The van der Waals surface area contributed by atoms with Crippen LogP contribution in [0.4, 0.5) is 0 Å². The van der Waals surface area contributed by atoms with Gasteiger partial charge < -0.3 is 10.2 Å². The number of nitrogens with two attached hydrogens (primary N) is 1. The van der Waals surface area contributed by atoms with Crippen LogP contribution in [-0.4, -0.2) is 4.98 Å². The topological polar surface area (TPSA) is 52.0 Å². The molecule has 0 bridgehead atoms. The maximum absolute atomic E-state index is 6.32. The minimum atomic E-state index is -0.0945. The summed E-state index contributed by atoms with van der Waals surface area (Å²) in [6, 6.07) is 13.9. The van der Waals surface area contributed by atoms with E-state index in [-0.39, 0.29) is 6.04 Å². The zero-order chi connectivity index (χ0) is 14.1. The number of aromatic nitrogens is 1. The van der Waals surface area contributed by atoms with E-state index in [0.29, 0.717) is 12.3 Å². The third kappa shape index (κ3) is 2.32. The first-order chi connectivity index (χ1) is 9.65. The third-order valence-corrected chi connectivity index (χ3v) is 3.78. The van der Waals surface area contributed by atoms with Gasteiger partial charge in [0.05, 0.1) is 0 Å². The molecule has 3 aromatic rings. The summed E-state index contributed by atoms with van der Waals surface area (Å²) < 4.78 is 5.74. The highest BCUT2D eigenvalue weighted by atomic mass is 16.3. The summed E-state index contributed by atoms with van der Waals surface area (Å²) >= 11 is 0. The Kier molecular flexibility index (Phi) is 3.28. The lowest BCUT2D eigenvalue weighted by molar-refractivity contribution is 0.501. The molecule has 0 aliphatic heterocycles. The second-order valence-corrected chi connectivity index (χ2v) is 5.18. The number of fused-ring (bicyclic) bond motifs is 1. The minimum Gasteiger partial charge on any atom is -0.441 e. The molecule has 1 atom stereocenters. The van der Waals surface area contributed by atoms with Gasteiger partial charge in [-0.15, -0.1) is 0 Å². The van der Waals surface area contributed by atoms with Crippen molar-refractivity contribution in [2.45, 2.75) is 26.3 Å². The molecule has 0 fully saturated rings. The molecule has 20 heavy (non-hydrogen) atoms. The van der Waals surface area contributed by atoms with E-state index in [9.17, 15) is 0 Å². The highest BCUT2D eigenvalue weighted by molar-refractivity contribution is 5.72. The Labute approximate surface area is 118 Å². The summed E-state index contributed by atoms with van der Waals surface area (Å²) in [6.07, 6.45) is 0.610. The van der Waals surface area contributed by atoms with Crippen molar-refractivity contribution in [3.05, 3.63) is 65.0 Å². The number of para-hydroxylation sites is 2. The van der Waals surface area contributed by atoms with Crippen molar-refractivity contribution in [2.24, 2.45) is 5.73 Å². The smallest absolute Gasteiger partial charge is 0.197 e. The van der Waals surface area contributed by atoms with Crippen LogP contribution in [-0.2, 0) is 6.42 Å². The molecule has 0 radical (unpaired) electrons. The van der Waals surface area contributed by atoms with Gasteiger partial charge in [-0.3, -0.25) is 0 Å². The number of rotatable bonds is 3. The highest BCUT2D eigenvalue weighted by Gasteiger charge is 2.14. The lowest BCUT2D eigenvalue weighted by atomic mass is 9.96. The lowest BCUT2D eigenvalue weighted by Gasteiger charge is -2.14. The van der Waals surface area contributed by atoms with Gasteiger partial charge in [-0.05, 0) is 42.7 Å². The summed E-state index contributed by atoms with van der Waals surface area (Å²) in [5.41, 5.74) is 11.7. The predicted octanol–water partition coefficient (Wildman–Crippen LogP) is 3.69. The van der Waals surface area contributed by atoms with Crippen LogP contribution >= 0.6 is 0 Å². The van der Waals surface area contributed by atoms with Gasteiger partial charge >= 0.3 is 0 Å². The van der Waals surface area contributed by atoms with Crippen molar-refractivity contribution in [2.75, 3.05) is 0 Å². The second-order valence-electron chi connectivity index (χ2n) is 5.18. The van der Waals surface area contributed by atoms with Crippen LogP contribution in [0.1, 0.15) is 28.6 Å². The van der Waals surface area contributed by atoms with Gasteiger partial charge in [-0.1, -0.05) is 30.3 Å². The van der Waals surface area contributed by atoms with Crippen LogP contribution in [0, 0.1) is 13.8 Å². The number of aryl methyl sites for hydroxylation is 1. The molecule has 1 unspecified atom stereocenters. The van der Waals surface area contributed by atoms with Crippen LogP contribution in [0.5, 0.6) is 0 Å². The van der Waals surface area contributed by atoms with E-state index in [4.69, 9.17) is 10.2 Å². The van der Waals surface area contributed by atoms with Crippen molar-refractivity contribution in [1.82, 2.24) is 4.98 Å². The molecular weight excluding hydrogens is 248 g/mol. The van der Waals surface area contributed by atoms with Gasteiger partial charge in [0.2, 0.25) is 0 Å². The van der Waals surface area contributed by atoms with Gasteiger partial charge in [0.25, 0.3) is 0 Å². The monoisotopic (exact) mass is 266 g/mol. The molecule has 0 saturated heterocycles. The van der Waals surface area contributed by atoms with Crippen LogP contribution in [0.2, 0.25) is 0 Å². The first-order valence-corrected chi connectivity index (χ1v) is 6.81. The fourth-order valence-corrected chi connectivity index (χ4v) is 2.48. The second kappa shape index (κ2) is 5.10. The molecule has 0 aliphatic carbocycles. The molecular formula is C17H18N2O. The van der Waals surface area contributed by atoms with Gasteiger partial charge in [-0.25, -0.2) is 4.98 Å². The number of oxazole rings is 1.